The van der Waals surface area contributed by atoms with Crippen molar-refractivity contribution in [3.63, 3.8) is 0 Å². The normalized spacial score (nSPS) is 17.9. The number of methoxy groups -OCH3 is 1. The summed E-state index contributed by atoms with van der Waals surface area (Å²) in [5, 5.41) is 2.75. The van der Waals surface area contributed by atoms with Gasteiger partial charge in [-0.25, -0.2) is 8.78 Å². The highest BCUT2D eigenvalue weighted by Crippen LogP contribution is 2.48. The second-order valence-electron chi connectivity index (χ2n) is 5.00. The quantitative estimate of drug-likeness (QED) is 0.889. The minimum Gasteiger partial charge on any atom is -0.372 e. The lowest BCUT2D eigenvalue weighted by Gasteiger charge is -2.18. The van der Waals surface area contributed by atoms with Crippen molar-refractivity contribution in [3.05, 3.63) is 35.4 Å². The van der Waals surface area contributed by atoms with Gasteiger partial charge in [-0.05, 0) is 31.4 Å². The Hall–Kier alpha value is -1.49. The molecule has 3 nitrogen and oxygen atoms in total. The fourth-order valence-corrected chi connectivity index (χ4v) is 2.12. The molecule has 0 bridgehead atoms. The van der Waals surface area contributed by atoms with Crippen molar-refractivity contribution >= 4 is 5.91 Å². The Morgan fingerprint density at radius 1 is 1.47 bits per heavy atom. The van der Waals surface area contributed by atoms with Gasteiger partial charge in [0, 0.05) is 25.1 Å². The Morgan fingerprint density at radius 3 is 2.68 bits per heavy atom. The summed E-state index contributed by atoms with van der Waals surface area (Å²) in [5.74, 6) is -1.36. The molecule has 1 aromatic rings. The van der Waals surface area contributed by atoms with E-state index < -0.39 is 17.7 Å². The molecule has 5 heteroatoms. The van der Waals surface area contributed by atoms with Crippen LogP contribution in [0.2, 0.25) is 0 Å². The minimum atomic E-state index is -0.589. The first kappa shape index (κ1) is 13.9. The third-order valence-electron chi connectivity index (χ3n) is 3.68. The van der Waals surface area contributed by atoms with Gasteiger partial charge in [0.2, 0.25) is 5.91 Å². The van der Waals surface area contributed by atoms with E-state index in [0.29, 0.717) is 12.1 Å². The van der Waals surface area contributed by atoms with E-state index in [0.717, 1.165) is 18.9 Å². The molecule has 1 saturated carbocycles. The highest BCUT2D eigenvalue weighted by molar-refractivity contribution is 5.80. The molecule has 104 valence electrons. The van der Waals surface area contributed by atoms with Crippen molar-refractivity contribution in [1.82, 2.24) is 5.32 Å². The first-order valence-electron chi connectivity index (χ1n) is 6.24. The maximum atomic E-state index is 13.8. The van der Waals surface area contributed by atoms with Crippen LogP contribution in [0.1, 0.15) is 25.3 Å². The number of ether oxygens (including phenoxy) is 1. The monoisotopic (exact) mass is 269 g/mol. The number of hydrogen-bond acceptors (Lipinski definition) is 2. The fourth-order valence-electron chi connectivity index (χ4n) is 2.12. The van der Waals surface area contributed by atoms with E-state index in [1.54, 1.807) is 6.92 Å². The first-order chi connectivity index (χ1) is 8.98. The van der Waals surface area contributed by atoms with E-state index in [-0.39, 0.29) is 11.3 Å². The molecule has 0 radical (unpaired) electrons. The summed E-state index contributed by atoms with van der Waals surface area (Å²) in [4.78, 5) is 11.6. The molecule has 0 heterocycles. The molecule has 1 aromatic carbocycles. The van der Waals surface area contributed by atoms with Crippen molar-refractivity contribution < 1.29 is 18.3 Å². The highest BCUT2D eigenvalue weighted by Gasteiger charge is 2.46. The van der Waals surface area contributed by atoms with Crippen LogP contribution in [0.15, 0.2) is 18.2 Å². The number of hydrogen-bond donors (Lipinski definition) is 1. The van der Waals surface area contributed by atoms with Crippen LogP contribution in [0.5, 0.6) is 0 Å². The van der Waals surface area contributed by atoms with E-state index in [2.05, 4.69) is 5.32 Å². The van der Waals surface area contributed by atoms with Gasteiger partial charge in [-0.1, -0.05) is 6.07 Å². The van der Waals surface area contributed by atoms with Crippen LogP contribution in [-0.2, 0) is 14.9 Å². The number of halogens is 2. The molecule has 1 aliphatic carbocycles. The van der Waals surface area contributed by atoms with Gasteiger partial charge >= 0.3 is 0 Å². The van der Waals surface area contributed by atoms with E-state index >= 15 is 0 Å². The van der Waals surface area contributed by atoms with Gasteiger partial charge in [-0.3, -0.25) is 4.79 Å². The van der Waals surface area contributed by atoms with Crippen LogP contribution in [-0.4, -0.2) is 25.7 Å². The molecular formula is C14H17F2NO2. The largest absolute Gasteiger partial charge is 0.372 e. The summed E-state index contributed by atoms with van der Waals surface area (Å²) >= 11 is 0. The van der Waals surface area contributed by atoms with E-state index in [4.69, 9.17) is 4.74 Å². The third-order valence-corrected chi connectivity index (χ3v) is 3.68. The summed E-state index contributed by atoms with van der Waals surface area (Å²) in [7, 11) is 1.46. The van der Waals surface area contributed by atoms with Gasteiger partial charge in [-0.15, -0.1) is 0 Å². The third kappa shape index (κ3) is 2.92. The van der Waals surface area contributed by atoms with E-state index in [1.807, 2.05) is 0 Å². The zero-order valence-electron chi connectivity index (χ0n) is 11.0. The van der Waals surface area contributed by atoms with Crippen molar-refractivity contribution in [3.8, 4) is 0 Å². The maximum absolute atomic E-state index is 13.8. The predicted molar refractivity (Wildman–Crippen MR) is 66.8 cm³/mol. The van der Waals surface area contributed by atoms with Crippen LogP contribution < -0.4 is 5.32 Å². The molecule has 0 aliphatic heterocycles. The molecular weight excluding hydrogens is 252 g/mol. The zero-order valence-corrected chi connectivity index (χ0v) is 11.0. The summed E-state index contributed by atoms with van der Waals surface area (Å²) in [6.45, 7) is 2.00. The second-order valence-corrected chi connectivity index (χ2v) is 5.00. The van der Waals surface area contributed by atoms with Crippen LogP contribution in [0, 0.1) is 11.6 Å². The Morgan fingerprint density at radius 2 is 2.16 bits per heavy atom. The number of nitrogens with one attached hydrogen (secondary N) is 1. The number of carbonyl (C=O) groups excluding carboxylic acids is 1. The first-order valence-corrected chi connectivity index (χ1v) is 6.24. The smallest absolute Gasteiger partial charge is 0.248 e. The average Bonchev–Trinajstić information content (AvgIpc) is 3.16. The summed E-state index contributed by atoms with van der Waals surface area (Å²) in [6.07, 6.45) is 1.04. The molecule has 1 amide bonds. The molecule has 2 rings (SSSR count). The van der Waals surface area contributed by atoms with Gasteiger partial charge in [0.25, 0.3) is 0 Å². The number of carbonyl (C=O) groups is 1. The summed E-state index contributed by atoms with van der Waals surface area (Å²) < 4.78 is 31.6. The molecule has 0 spiro atoms. The average molecular weight is 269 g/mol. The molecule has 19 heavy (non-hydrogen) atoms. The van der Waals surface area contributed by atoms with Crippen LogP contribution in [0.25, 0.3) is 0 Å². The molecule has 1 fully saturated rings. The van der Waals surface area contributed by atoms with E-state index in [1.165, 1.54) is 19.2 Å². The Balaban J connectivity index is 2.05. The Kier molecular flexibility index (Phi) is 3.85. The second kappa shape index (κ2) is 5.25. The minimum absolute atomic E-state index is 0.226. The Bertz CT molecular complexity index is 486. The number of rotatable bonds is 5. The Labute approximate surface area is 111 Å². The SMILES string of the molecule is CO[C@H](C)C(=O)NCC1(c2ccc(F)cc2F)CC1. The van der Waals surface area contributed by atoms with Crippen LogP contribution in [0.4, 0.5) is 8.78 Å². The van der Waals surface area contributed by atoms with Gasteiger partial charge in [0.05, 0.1) is 0 Å². The van der Waals surface area contributed by atoms with E-state index in [9.17, 15) is 13.6 Å². The van der Waals surface area contributed by atoms with Gasteiger partial charge in [0.15, 0.2) is 0 Å². The summed E-state index contributed by atoms with van der Waals surface area (Å²) in [5.41, 5.74) is 0.0836. The maximum Gasteiger partial charge on any atom is 0.248 e. The van der Waals surface area contributed by atoms with Crippen molar-refractivity contribution in [1.29, 1.82) is 0 Å². The molecule has 0 saturated heterocycles. The van der Waals surface area contributed by atoms with Gasteiger partial charge in [0.1, 0.15) is 17.7 Å². The van der Waals surface area contributed by atoms with Crippen molar-refractivity contribution in [2.75, 3.05) is 13.7 Å². The lowest BCUT2D eigenvalue weighted by atomic mass is 9.95. The molecule has 0 aromatic heterocycles. The molecule has 1 N–H and O–H groups in total. The number of amides is 1. The number of benzene rings is 1. The molecule has 1 aliphatic rings. The predicted octanol–water partition coefficient (Wildman–Crippen LogP) is 2.15. The van der Waals surface area contributed by atoms with Crippen LogP contribution >= 0.6 is 0 Å². The lowest BCUT2D eigenvalue weighted by molar-refractivity contribution is -0.130. The summed E-state index contributed by atoms with van der Waals surface area (Å²) in [6, 6.07) is 3.59. The molecule has 1 atom stereocenters. The lowest BCUT2D eigenvalue weighted by Crippen LogP contribution is -2.38. The fraction of sp³-hybridized carbons (Fsp3) is 0.500. The van der Waals surface area contributed by atoms with Crippen LogP contribution in [0.3, 0.4) is 0 Å². The zero-order chi connectivity index (χ0) is 14.0. The molecule has 0 unspecified atom stereocenters. The van der Waals surface area contributed by atoms with Gasteiger partial charge < -0.3 is 10.1 Å². The van der Waals surface area contributed by atoms with Crippen molar-refractivity contribution in [2.45, 2.75) is 31.3 Å². The highest BCUT2D eigenvalue weighted by atomic mass is 19.1. The standard InChI is InChI=1S/C14H17F2NO2/c1-9(19-2)13(18)17-8-14(5-6-14)11-4-3-10(15)7-12(11)16/h3-4,7,9H,5-6,8H2,1-2H3,(H,17,18)/t9-/m1/s1. The van der Waals surface area contributed by atoms with Crippen molar-refractivity contribution in [2.24, 2.45) is 0 Å². The topological polar surface area (TPSA) is 38.3 Å². The van der Waals surface area contributed by atoms with Gasteiger partial charge in [-0.2, -0.15) is 0 Å².